The highest BCUT2D eigenvalue weighted by molar-refractivity contribution is 8.14. The van der Waals surface area contributed by atoms with Gasteiger partial charge in [-0.2, -0.15) is 0 Å². The van der Waals surface area contributed by atoms with E-state index in [1.165, 1.54) is 0 Å². The van der Waals surface area contributed by atoms with Crippen molar-refractivity contribution in [1.82, 2.24) is 4.90 Å². The summed E-state index contributed by atoms with van der Waals surface area (Å²) >= 11 is 1.60. The molecule has 0 radical (unpaired) electrons. The van der Waals surface area contributed by atoms with Crippen LogP contribution in [0, 0.1) is 0 Å². The smallest absolute Gasteiger partial charge is 0.338 e. The molecule has 0 unspecified atom stereocenters. The molecule has 0 aromatic heterocycles. The van der Waals surface area contributed by atoms with Gasteiger partial charge in [0.05, 0.1) is 12.2 Å². The molecule has 0 bridgehead atoms. The third-order valence-electron chi connectivity index (χ3n) is 8.38. The molecule has 0 saturated carbocycles. The lowest BCUT2D eigenvalue weighted by Gasteiger charge is -2.48. The van der Waals surface area contributed by atoms with E-state index in [2.05, 4.69) is 67.7 Å². The van der Waals surface area contributed by atoms with Crippen molar-refractivity contribution in [3.05, 3.63) is 35.9 Å². The largest absolute Gasteiger partial charge is 0.453 e. The first-order chi connectivity index (χ1) is 17.3. The maximum absolute atomic E-state index is 13.4. The summed E-state index contributed by atoms with van der Waals surface area (Å²) in [6.07, 6.45) is -1.58. The number of nitrogens with zero attached hydrogens (tertiary/aromatic N) is 2. The van der Waals surface area contributed by atoms with Gasteiger partial charge >= 0.3 is 5.97 Å². The van der Waals surface area contributed by atoms with Crippen molar-refractivity contribution in [3.8, 4) is 0 Å². The summed E-state index contributed by atoms with van der Waals surface area (Å²) in [7, 11) is -0.378. The Labute approximate surface area is 236 Å². The molecule has 10 heteroatoms. The lowest BCUT2D eigenvalue weighted by Crippen LogP contribution is -2.62. The van der Waals surface area contributed by atoms with E-state index in [9.17, 15) is 4.79 Å². The van der Waals surface area contributed by atoms with Crippen molar-refractivity contribution in [2.24, 2.45) is 4.99 Å². The molecule has 214 valence electrons. The fourth-order valence-electron chi connectivity index (χ4n) is 3.81. The molecule has 38 heavy (non-hydrogen) atoms. The average molecular weight is 581 g/mol. The molecular formula is C28H48N2O5SSi2. The Bertz CT molecular complexity index is 1000. The quantitative estimate of drug-likeness (QED) is 0.274. The summed E-state index contributed by atoms with van der Waals surface area (Å²) in [6, 6.07) is 8.82. The van der Waals surface area contributed by atoms with Gasteiger partial charge in [0.25, 0.3) is 0 Å². The van der Waals surface area contributed by atoms with Gasteiger partial charge in [-0.1, -0.05) is 71.5 Å². The highest BCUT2D eigenvalue weighted by Crippen LogP contribution is 2.45. The minimum absolute atomic E-state index is 0.0260. The fourth-order valence-corrected chi connectivity index (χ4v) is 7.29. The molecule has 0 aliphatic carbocycles. The zero-order valence-electron chi connectivity index (χ0n) is 25.3. The molecule has 1 aromatic rings. The zero-order valence-corrected chi connectivity index (χ0v) is 28.1. The Morgan fingerprint density at radius 1 is 0.974 bits per heavy atom. The highest BCUT2D eigenvalue weighted by atomic mass is 32.2. The van der Waals surface area contributed by atoms with Crippen LogP contribution in [0.2, 0.25) is 36.3 Å². The van der Waals surface area contributed by atoms with E-state index in [0.29, 0.717) is 12.2 Å². The molecule has 1 saturated heterocycles. The second-order valence-corrected chi connectivity index (χ2v) is 24.2. The SMILES string of the molecule is CN(C)C1=N[C@@H]2[C@H](O[Si](C)(C)C(C)(C)C)[C@H](OC(=O)c3ccccc3)[C@H](CO[Si](C)(C)C(C)(C)C)O[C@@H]2S1. The van der Waals surface area contributed by atoms with Crippen LogP contribution in [0.4, 0.5) is 0 Å². The monoisotopic (exact) mass is 580 g/mol. The Balaban J connectivity index is 2.02. The number of aliphatic imine (C=N–C) groups is 1. The number of carbonyl (C=O) groups is 1. The van der Waals surface area contributed by atoms with E-state index in [-0.39, 0.29) is 27.5 Å². The molecule has 2 aliphatic heterocycles. The Morgan fingerprint density at radius 2 is 1.55 bits per heavy atom. The molecule has 7 nitrogen and oxygen atoms in total. The van der Waals surface area contributed by atoms with Crippen molar-refractivity contribution in [2.75, 3.05) is 20.7 Å². The van der Waals surface area contributed by atoms with Gasteiger partial charge in [-0.05, 0) is 48.4 Å². The number of esters is 1. The number of carbonyl (C=O) groups excluding carboxylic acids is 1. The summed E-state index contributed by atoms with van der Waals surface area (Å²) in [5.41, 5.74) is 0.268. The lowest BCUT2D eigenvalue weighted by atomic mass is 9.98. The Kier molecular flexibility index (Phi) is 9.38. The van der Waals surface area contributed by atoms with Crippen LogP contribution in [0.1, 0.15) is 51.9 Å². The predicted octanol–water partition coefficient (Wildman–Crippen LogP) is 6.38. The first-order valence-electron chi connectivity index (χ1n) is 13.5. The van der Waals surface area contributed by atoms with Crippen molar-refractivity contribution in [3.63, 3.8) is 0 Å². The number of ether oxygens (including phenoxy) is 2. The zero-order chi connectivity index (χ0) is 28.7. The normalized spacial score (nSPS) is 26.5. The summed E-state index contributed by atoms with van der Waals surface area (Å²) in [5.74, 6) is -0.388. The lowest BCUT2D eigenvalue weighted by molar-refractivity contribution is -0.161. The highest BCUT2D eigenvalue weighted by Gasteiger charge is 2.55. The number of rotatable bonds is 7. The van der Waals surface area contributed by atoms with Crippen LogP contribution in [0.15, 0.2) is 35.3 Å². The van der Waals surface area contributed by atoms with Crippen LogP contribution in [0.25, 0.3) is 0 Å². The summed E-state index contributed by atoms with van der Waals surface area (Å²) < 4.78 is 26.7. The number of hydrogen-bond donors (Lipinski definition) is 0. The fraction of sp³-hybridized carbons (Fsp3) is 0.714. The maximum atomic E-state index is 13.4. The Hall–Kier alpha value is -1.18. The van der Waals surface area contributed by atoms with Gasteiger partial charge in [-0.25, -0.2) is 4.79 Å². The third-order valence-corrected chi connectivity index (χ3v) is 18.7. The van der Waals surface area contributed by atoms with Gasteiger partial charge in [0, 0.05) is 14.1 Å². The molecule has 1 fully saturated rings. The van der Waals surface area contributed by atoms with Gasteiger partial charge in [0.1, 0.15) is 23.7 Å². The van der Waals surface area contributed by atoms with E-state index in [4.69, 9.17) is 23.3 Å². The van der Waals surface area contributed by atoms with Crippen LogP contribution in [-0.2, 0) is 18.3 Å². The first kappa shape index (κ1) is 31.4. The van der Waals surface area contributed by atoms with Crippen molar-refractivity contribution >= 4 is 39.5 Å². The summed E-state index contributed by atoms with van der Waals surface area (Å²) in [6.45, 7) is 22.6. The van der Waals surface area contributed by atoms with E-state index in [1.807, 2.05) is 37.2 Å². The van der Waals surface area contributed by atoms with Crippen LogP contribution in [0.5, 0.6) is 0 Å². The molecule has 0 N–H and O–H groups in total. The molecule has 0 spiro atoms. The summed E-state index contributed by atoms with van der Waals surface area (Å²) in [4.78, 5) is 20.4. The van der Waals surface area contributed by atoms with Gasteiger partial charge in [-0.3, -0.25) is 4.99 Å². The van der Waals surface area contributed by atoms with E-state index >= 15 is 0 Å². The van der Waals surface area contributed by atoms with Crippen LogP contribution >= 0.6 is 11.8 Å². The molecule has 0 amide bonds. The topological polar surface area (TPSA) is 69.6 Å². The van der Waals surface area contributed by atoms with Crippen molar-refractivity contribution in [1.29, 1.82) is 0 Å². The predicted molar refractivity (Wildman–Crippen MR) is 162 cm³/mol. The standard InChI is InChI=1S/C28H48N2O5SSi2/c1-27(2,3)37(9,10)32-18-20-22(34-24(31)19-16-14-13-15-17-19)23(35-38(11,12)28(4,5)6)21-25(33-20)36-26(29-21)30(7)8/h13-17,20-23,25H,18H2,1-12H3/t20-,21+,22+,23-,25+/m0/s1. The number of hydrogen-bond acceptors (Lipinski definition) is 8. The minimum atomic E-state index is -2.26. The molecular weight excluding hydrogens is 533 g/mol. The van der Waals surface area contributed by atoms with Gasteiger partial charge in [0.2, 0.25) is 0 Å². The third kappa shape index (κ3) is 6.93. The van der Waals surface area contributed by atoms with Gasteiger partial charge in [0.15, 0.2) is 27.9 Å². The van der Waals surface area contributed by atoms with Crippen LogP contribution in [-0.4, -0.2) is 83.2 Å². The second-order valence-electron chi connectivity index (χ2n) is 13.6. The Morgan fingerprint density at radius 3 is 2.08 bits per heavy atom. The number of thioether (sulfide) groups is 1. The molecule has 5 atom stereocenters. The van der Waals surface area contributed by atoms with E-state index in [0.717, 1.165) is 5.17 Å². The second kappa shape index (κ2) is 11.4. The van der Waals surface area contributed by atoms with E-state index < -0.39 is 34.9 Å². The van der Waals surface area contributed by atoms with Crippen LogP contribution in [0.3, 0.4) is 0 Å². The maximum Gasteiger partial charge on any atom is 0.338 e. The molecule has 1 aromatic carbocycles. The minimum Gasteiger partial charge on any atom is -0.453 e. The average Bonchev–Trinajstić information content (AvgIpc) is 3.23. The van der Waals surface area contributed by atoms with E-state index in [1.54, 1.807) is 23.9 Å². The summed E-state index contributed by atoms with van der Waals surface area (Å²) in [5, 5.41) is 0.908. The molecule has 2 aliphatic rings. The van der Waals surface area contributed by atoms with Crippen molar-refractivity contribution in [2.45, 2.75) is 108 Å². The van der Waals surface area contributed by atoms with Crippen LogP contribution < -0.4 is 0 Å². The number of benzene rings is 1. The number of fused-ring (bicyclic) bond motifs is 1. The molecule has 2 heterocycles. The van der Waals surface area contributed by atoms with Crippen molar-refractivity contribution < 1.29 is 23.1 Å². The van der Waals surface area contributed by atoms with Gasteiger partial charge in [-0.15, -0.1) is 0 Å². The first-order valence-corrected chi connectivity index (χ1v) is 20.2. The molecule has 3 rings (SSSR count). The number of amidine groups is 1. The van der Waals surface area contributed by atoms with Gasteiger partial charge < -0.3 is 23.2 Å².